The average Bonchev–Trinajstić information content (AvgIpc) is 2.49. The fourth-order valence-electron chi connectivity index (χ4n) is 2.05. The number of aromatic nitrogens is 1. The molecule has 0 spiro atoms. The molecule has 0 radical (unpaired) electrons. The number of rotatable bonds is 5. The number of hydrogen-bond donors (Lipinski definition) is 2. The molecule has 0 aliphatic heterocycles. The first-order valence-corrected chi connectivity index (χ1v) is 7.24. The first-order valence-electron chi connectivity index (χ1n) is 7.24. The van der Waals surface area contributed by atoms with Crippen molar-refractivity contribution in [3.05, 3.63) is 52.7 Å². The van der Waals surface area contributed by atoms with Crippen molar-refractivity contribution in [2.24, 2.45) is 5.73 Å². The third-order valence-electron chi connectivity index (χ3n) is 3.30. The molecule has 6 nitrogen and oxygen atoms in total. The number of aryl methyl sites for hydroxylation is 2. The molecular weight excluding hydrogens is 294 g/mol. The topological polar surface area (TPSA) is 94.3 Å². The molecule has 2 rings (SSSR count). The molecule has 23 heavy (non-hydrogen) atoms. The van der Waals surface area contributed by atoms with Crippen LogP contribution in [-0.4, -0.2) is 23.4 Å². The van der Waals surface area contributed by atoms with Gasteiger partial charge in [0.2, 0.25) is 11.8 Å². The SMILES string of the molecule is CCOc1nc(C)ccc1C(=O)Nc1cc(C(N)=O)ccc1C. The van der Waals surface area contributed by atoms with E-state index in [4.69, 9.17) is 10.5 Å². The van der Waals surface area contributed by atoms with Crippen LogP contribution < -0.4 is 15.8 Å². The van der Waals surface area contributed by atoms with E-state index in [0.717, 1.165) is 11.3 Å². The number of nitrogens with two attached hydrogens (primary N) is 1. The standard InChI is InChI=1S/C17H19N3O3/c1-4-23-17-13(8-6-11(3)19-17)16(22)20-14-9-12(15(18)21)7-5-10(14)2/h5-9H,4H2,1-3H3,(H2,18,21)(H,20,22). The van der Waals surface area contributed by atoms with Gasteiger partial charge in [0.25, 0.3) is 5.91 Å². The van der Waals surface area contributed by atoms with Gasteiger partial charge in [0.05, 0.1) is 6.61 Å². The fraction of sp³-hybridized carbons (Fsp3) is 0.235. The van der Waals surface area contributed by atoms with E-state index in [0.29, 0.717) is 23.4 Å². The van der Waals surface area contributed by atoms with Gasteiger partial charge >= 0.3 is 0 Å². The minimum atomic E-state index is -0.549. The summed E-state index contributed by atoms with van der Waals surface area (Å²) in [5.41, 5.74) is 8.04. The van der Waals surface area contributed by atoms with Crippen LogP contribution in [0.25, 0.3) is 0 Å². The van der Waals surface area contributed by atoms with Gasteiger partial charge in [0.1, 0.15) is 5.56 Å². The maximum atomic E-state index is 12.5. The van der Waals surface area contributed by atoms with E-state index < -0.39 is 5.91 Å². The Morgan fingerprint density at radius 2 is 1.96 bits per heavy atom. The Labute approximate surface area is 134 Å². The zero-order valence-corrected chi connectivity index (χ0v) is 13.3. The molecule has 0 aliphatic rings. The normalized spacial score (nSPS) is 10.2. The third kappa shape index (κ3) is 3.85. The van der Waals surface area contributed by atoms with E-state index in [-0.39, 0.29) is 11.8 Å². The van der Waals surface area contributed by atoms with Gasteiger partial charge in [-0.1, -0.05) is 6.07 Å². The summed E-state index contributed by atoms with van der Waals surface area (Å²) in [6.07, 6.45) is 0. The van der Waals surface area contributed by atoms with Crippen molar-refractivity contribution in [1.29, 1.82) is 0 Å². The molecule has 1 heterocycles. The second-order valence-electron chi connectivity index (χ2n) is 5.09. The number of ether oxygens (including phenoxy) is 1. The molecule has 0 unspecified atom stereocenters. The third-order valence-corrected chi connectivity index (χ3v) is 3.30. The number of nitrogens with one attached hydrogen (secondary N) is 1. The molecule has 2 amide bonds. The van der Waals surface area contributed by atoms with Crippen molar-refractivity contribution >= 4 is 17.5 Å². The van der Waals surface area contributed by atoms with Gasteiger partial charge in [-0.15, -0.1) is 0 Å². The van der Waals surface area contributed by atoms with Crippen LogP contribution in [0, 0.1) is 13.8 Å². The molecule has 0 bridgehead atoms. The predicted octanol–water partition coefficient (Wildman–Crippen LogP) is 2.45. The van der Waals surface area contributed by atoms with Crippen molar-refractivity contribution < 1.29 is 14.3 Å². The van der Waals surface area contributed by atoms with Gasteiger partial charge in [-0.05, 0) is 50.6 Å². The molecule has 0 atom stereocenters. The first kappa shape index (κ1) is 16.5. The molecule has 0 saturated carbocycles. The summed E-state index contributed by atoms with van der Waals surface area (Å²) in [4.78, 5) is 28.0. The number of carbonyl (C=O) groups is 2. The number of anilines is 1. The lowest BCUT2D eigenvalue weighted by Gasteiger charge is -2.12. The van der Waals surface area contributed by atoms with E-state index >= 15 is 0 Å². The van der Waals surface area contributed by atoms with Gasteiger partial charge in [0, 0.05) is 16.9 Å². The minimum absolute atomic E-state index is 0.286. The highest BCUT2D eigenvalue weighted by molar-refractivity contribution is 6.06. The number of amides is 2. The lowest BCUT2D eigenvalue weighted by molar-refractivity contribution is 0.0995. The number of carbonyl (C=O) groups excluding carboxylic acids is 2. The van der Waals surface area contributed by atoms with E-state index in [9.17, 15) is 9.59 Å². The maximum Gasteiger partial charge on any atom is 0.261 e. The minimum Gasteiger partial charge on any atom is -0.477 e. The van der Waals surface area contributed by atoms with Crippen LogP contribution in [-0.2, 0) is 0 Å². The van der Waals surface area contributed by atoms with Crippen molar-refractivity contribution in [2.75, 3.05) is 11.9 Å². The smallest absolute Gasteiger partial charge is 0.261 e. The second kappa shape index (κ2) is 6.91. The summed E-state index contributed by atoms with van der Waals surface area (Å²) in [5, 5.41) is 2.77. The largest absolute Gasteiger partial charge is 0.477 e. The molecule has 0 fully saturated rings. The van der Waals surface area contributed by atoms with Crippen molar-refractivity contribution in [3.8, 4) is 5.88 Å². The zero-order chi connectivity index (χ0) is 17.0. The first-order chi connectivity index (χ1) is 10.9. The number of primary amides is 1. The molecule has 2 aromatic rings. The zero-order valence-electron chi connectivity index (χ0n) is 13.3. The van der Waals surface area contributed by atoms with Crippen LogP contribution in [0.5, 0.6) is 5.88 Å². The molecule has 6 heteroatoms. The summed E-state index contributed by atoms with van der Waals surface area (Å²) in [6.45, 7) is 5.89. The van der Waals surface area contributed by atoms with Crippen LogP contribution >= 0.6 is 0 Å². The molecule has 0 aliphatic carbocycles. The summed E-state index contributed by atoms with van der Waals surface area (Å²) in [6, 6.07) is 8.30. The average molecular weight is 313 g/mol. The molecule has 1 aromatic heterocycles. The quantitative estimate of drug-likeness (QED) is 0.886. The molecule has 1 aromatic carbocycles. The fourth-order valence-corrected chi connectivity index (χ4v) is 2.05. The van der Waals surface area contributed by atoms with Crippen LogP contribution in [0.4, 0.5) is 5.69 Å². The van der Waals surface area contributed by atoms with E-state index in [1.807, 2.05) is 20.8 Å². The van der Waals surface area contributed by atoms with Crippen molar-refractivity contribution in [1.82, 2.24) is 4.98 Å². The molecule has 0 saturated heterocycles. The predicted molar refractivity (Wildman–Crippen MR) is 87.8 cm³/mol. The maximum absolute atomic E-state index is 12.5. The Hall–Kier alpha value is -2.89. The Morgan fingerprint density at radius 1 is 1.22 bits per heavy atom. The Bertz CT molecular complexity index is 757. The lowest BCUT2D eigenvalue weighted by atomic mass is 10.1. The number of benzene rings is 1. The second-order valence-corrected chi connectivity index (χ2v) is 5.09. The Morgan fingerprint density at radius 3 is 2.61 bits per heavy atom. The van der Waals surface area contributed by atoms with Crippen molar-refractivity contribution in [2.45, 2.75) is 20.8 Å². The monoisotopic (exact) mass is 313 g/mol. The van der Waals surface area contributed by atoms with Crippen LogP contribution in [0.3, 0.4) is 0 Å². The highest BCUT2D eigenvalue weighted by Crippen LogP contribution is 2.21. The van der Waals surface area contributed by atoms with Gasteiger partial charge in [-0.2, -0.15) is 0 Å². The highest BCUT2D eigenvalue weighted by atomic mass is 16.5. The lowest BCUT2D eigenvalue weighted by Crippen LogP contribution is -2.17. The van der Waals surface area contributed by atoms with Gasteiger partial charge in [-0.3, -0.25) is 9.59 Å². The van der Waals surface area contributed by atoms with Gasteiger partial charge < -0.3 is 15.8 Å². The Balaban J connectivity index is 2.32. The molecular formula is C17H19N3O3. The van der Waals surface area contributed by atoms with E-state index in [1.54, 1.807) is 30.3 Å². The van der Waals surface area contributed by atoms with Crippen LogP contribution in [0.15, 0.2) is 30.3 Å². The summed E-state index contributed by atoms with van der Waals surface area (Å²) < 4.78 is 5.42. The van der Waals surface area contributed by atoms with Crippen LogP contribution in [0.1, 0.15) is 38.9 Å². The molecule has 3 N–H and O–H groups in total. The Kier molecular flexibility index (Phi) is 4.95. The van der Waals surface area contributed by atoms with Crippen LogP contribution in [0.2, 0.25) is 0 Å². The van der Waals surface area contributed by atoms with E-state index in [2.05, 4.69) is 10.3 Å². The number of hydrogen-bond acceptors (Lipinski definition) is 4. The van der Waals surface area contributed by atoms with Gasteiger partial charge in [0.15, 0.2) is 0 Å². The summed E-state index contributed by atoms with van der Waals surface area (Å²) >= 11 is 0. The number of pyridine rings is 1. The van der Waals surface area contributed by atoms with Crippen molar-refractivity contribution in [3.63, 3.8) is 0 Å². The summed E-state index contributed by atoms with van der Waals surface area (Å²) in [7, 11) is 0. The van der Waals surface area contributed by atoms with Gasteiger partial charge in [-0.25, -0.2) is 4.98 Å². The van der Waals surface area contributed by atoms with E-state index in [1.165, 1.54) is 0 Å². The molecule has 120 valence electrons. The number of nitrogens with zero attached hydrogens (tertiary/aromatic N) is 1. The highest BCUT2D eigenvalue weighted by Gasteiger charge is 2.16. The summed E-state index contributed by atoms with van der Waals surface area (Å²) in [5.74, 6) is -0.619.